The maximum Gasteiger partial charge on any atom is 0.234 e. The third-order valence-corrected chi connectivity index (χ3v) is 4.53. The van der Waals surface area contributed by atoms with Gasteiger partial charge in [0.1, 0.15) is 18.2 Å². The summed E-state index contributed by atoms with van der Waals surface area (Å²) in [6.45, 7) is 4.05. The van der Waals surface area contributed by atoms with Crippen molar-refractivity contribution >= 4 is 23.4 Å². The molecule has 0 bridgehead atoms. The Bertz CT molecular complexity index is 945. The van der Waals surface area contributed by atoms with Crippen LogP contribution >= 0.6 is 11.8 Å². The molecular formula is C19H19FN4O2S. The minimum absolute atomic E-state index is 0.117. The molecule has 0 saturated carbocycles. The van der Waals surface area contributed by atoms with E-state index >= 15 is 0 Å². The number of nitrogens with zero attached hydrogens (tertiary/aromatic N) is 2. The Hall–Kier alpha value is -2.87. The summed E-state index contributed by atoms with van der Waals surface area (Å²) in [5.74, 6) is 0.795. The van der Waals surface area contributed by atoms with Crippen LogP contribution in [-0.4, -0.2) is 26.8 Å². The Morgan fingerprint density at radius 1 is 1.26 bits per heavy atom. The van der Waals surface area contributed by atoms with Gasteiger partial charge in [0, 0.05) is 5.69 Å². The maximum absolute atomic E-state index is 13.3. The fraction of sp³-hybridized carbons (Fsp3) is 0.211. The lowest BCUT2D eigenvalue weighted by molar-refractivity contribution is -0.113. The first-order chi connectivity index (χ1) is 13.0. The molecule has 1 heterocycles. The van der Waals surface area contributed by atoms with Gasteiger partial charge in [-0.2, -0.15) is 0 Å². The number of thioether (sulfide) groups is 1. The minimum Gasteiger partial charge on any atom is -0.486 e. The minimum atomic E-state index is -0.393. The van der Waals surface area contributed by atoms with E-state index in [0.717, 1.165) is 16.9 Å². The van der Waals surface area contributed by atoms with Crippen LogP contribution < -0.4 is 10.1 Å². The van der Waals surface area contributed by atoms with Gasteiger partial charge in [0.25, 0.3) is 0 Å². The average Bonchev–Trinajstić information content (AvgIpc) is 3.09. The molecule has 0 spiro atoms. The molecule has 140 valence electrons. The van der Waals surface area contributed by atoms with Crippen LogP contribution in [0.1, 0.15) is 17.0 Å². The summed E-state index contributed by atoms with van der Waals surface area (Å²) in [4.78, 5) is 16.3. The summed E-state index contributed by atoms with van der Waals surface area (Å²) < 4.78 is 18.9. The van der Waals surface area contributed by atoms with Crippen LogP contribution in [0.15, 0.2) is 47.6 Å². The number of anilines is 1. The molecule has 0 atom stereocenters. The van der Waals surface area contributed by atoms with E-state index in [2.05, 4.69) is 20.5 Å². The fourth-order valence-corrected chi connectivity index (χ4v) is 2.93. The smallest absolute Gasteiger partial charge is 0.234 e. The lowest BCUT2D eigenvalue weighted by atomic mass is 10.2. The first kappa shape index (κ1) is 18.9. The number of amides is 1. The van der Waals surface area contributed by atoms with Crippen molar-refractivity contribution in [2.24, 2.45) is 0 Å². The van der Waals surface area contributed by atoms with Crippen LogP contribution in [0.3, 0.4) is 0 Å². The summed E-state index contributed by atoms with van der Waals surface area (Å²) in [7, 11) is 0. The second-order valence-corrected chi connectivity index (χ2v) is 6.91. The standard InChI is InChI=1S/C19H19FN4O2S/c1-12-4-3-5-15(8-12)26-10-17-22-19(24-23-17)27-11-18(25)21-16-9-14(20)7-6-13(16)2/h3-9H,10-11H2,1-2H3,(H,21,25)(H,22,23,24). The monoisotopic (exact) mass is 386 g/mol. The molecule has 6 nitrogen and oxygen atoms in total. The SMILES string of the molecule is Cc1cccc(OCc2nc(SCC(=O)Nc3cc(F)ccc3C)n[nH]2)c1. The number of ether oxygens (including phenoxy) is 1. The molecule has 8 heteroatoms. The molecule has 1 aromatic heterocycles. The average molecular weight is 386 g/mol. The molecule has 3 aromatic rings. The normalized spacial score (nSPS) is 10.6. The maximum atomic E-state index is 13.3. The largest absolute Gasteiger partial charge is 0.486 e. The first-order valence-corrected chi connectivity index (χ1v) is 9.28. The number of H-pyrrole nitrogens is 1. The van der Waals surface area contributed by atoms with E-state index in [1.165, 1.54) is 23.9 Å². The predicted molar refractivity (Wildman–Crippen MR) is 102 cm³/mol. The van der Waals surface area contributed by atoms with Crippen molar-refractivity contribution in [3.05, 3.63) is 65.2 Å². The van der Waals surface area contributed by atoms with Gasteiger partial charge in [-0.3, -0.25) is 9.89 Å². The van der Waals surface area contributed by atoms with E-state index in [4.69, 9.17) is 4.74 Å². The number of carbonyl (C=O) groups excluding carboxylic acids is 1. The highest BCUT2D eigenvalue weighted by Crippen LogP contribution is 2.18. The van der Waals surface area contributed by atoms with Crippen molar-refractivity contribution in [2.45, 2.75) is 25.6 Å². The highest BCUT2D eigenvalue weighted by atomic mass is 32.2. The van der Waals surface area contributed by atoms with Crippen LogP contribution in [0.4, 0.5) is 10.1 Å². The van der Waals surface area contributed by atoms with E-state index in [1.54, 1.807) is 13.0 Å². The van der Waals surface area contributed by atoms with Gasteiger partial charge in [0.05, 0.1) is 5.75 Å². The number of aryl methyl sites for hydroxylation is 2. The molecule has 2 aromatic carbocycles. The van der Waals surface area contributed by atoms with Crippen molar-refractivity contribution in [1.29, 1.82) is 0 Å². The molecule has 2 N–H and O–H groups in total. The molecule has 0 aliphatic rings. The Morgan fingerprint density at radius 2 is 2.11 bits per heavy atom. The number of carbonyl (C=O) groups is 1. The third-order valence-electron chi connectivity index (χ3n) is 3.68. The number of aromatic amines is 1. The van der Waals surface area contributed by atoms with Crippen LogP contribution in [0.5, 0.6) is 5.75 Å². The number of rotatable bonds is 7. The van der Waals surface area contributed by atoms with Crippen LogP contribution in [0.25, 0.3) is 0 Å². The second-order valence-electron chi connectivity index (χ2n) is 5.97. The quantitative estimate of drug-likeness (QED) is 0.603. The topological polar surface area (TPSA) is 79.9 Å². The van der Waals surface area contributed by atoms with Gasteiger partial charge in [-0.15, -0.1) is 5.10 Å². The number of halogens is 1. The second kappa shape index (κ2) is 8.68. The summed E-state index contributed by atoms with van der Waals surface area (Å²) in [6, 6.07) is 12.0. The zero-order chi connectivity index (χ0) is 19.2. The number of hydrogen-bond acceptors (Lipinski definition) is 5. The predicted octanol–water partition coefficient (Wildman–Crippen LogP) is 3.87. The van der Waals surface area contributed by atoms with Crippen molar-refractivity contribution in [3.8, 4) is 5.75 Å². The third kappa shape index (κ3) is 5.55. The summed E-state index contributed by atoms with van der Waals surface area (Å²) >= 11 is 1.19. The van der Waals surface area contributed by atoms with Crippen molar-refractivity contribution in [2.75, 3.05) is 11.1 Å². The zero-order valence-corrected chi connectivity index (χ0v) is 15.8. The van der Waals surface area contributed by atoms with Crippen LogP contribution in [-0.2, 0) is 11.4 Å². The zero-order valence-electron chi connectivity index (χ0n) is 15.0. The first-order valence-electron chi connectivity index (χ1n) is 8.29. The molecule has 27 heavy (non-hydrogen) atoms. The molecule has 0 saturated heterocycles. The highest BCUT2D eigenvalue weighted by Gasteiger charge is 2.10. The van der Waals surface area contributed by atoms with Gasteiger partial charge >= 0.3 is 0 Å². The molecule has 0 aliphatic carbocycles. The van der Waals surface area contributed by atoms with Crippen LogP contribution in [0, 0.1) is 19.7 Å². The molecule has 0 unspecified atom stereocenters. The van der Waals surface area contributed by atoms with E-state index in [1.807, 2.05) is 31.2 Å². The molecule has 0 fully saturated rings. The van der Waals surface area contributed by atoms with E-state index in [-0.39, 0.29) is 18.3 Å². The molecule has 3 rings (SSSR count). The number of hydrogen-bond donors (Lipinski definition) is 2. The Labute approximate surface area is 160 Å². The van der Waals surface area contributed by atoms with Gasteiger partial charge < -0.3 is 10.1 Å². The van der Waals surface area contributed by atoms with Gasteiger partial charge in [-0.1, -0.05) is 30.0 Å². The van der Waals surface area contributed by atoms with Gasteiger partial charge in [0.2, 0.25) is 11.1 Å². The van der Waals surface area contributed by atoms with Crippen LogP contribution in [0.2, 0.25) is 0 Å². The summed E-state index contributed by atoms with van der Waals surface area (Å²) in [5, 5.41) is 9.99. The Morgan fingerprint density at radius 3 is 2.93 bits per heavy atom. The molecule has 0 aliphatic heterocycles. The number of nitrogens with one attached hydrogen (secondary N) is 2. The van der Waals surface area contributed by atoms with E-state index in [0.29, 0.717) is 16.7 Å². The molecule has 0 radical (unpaired) electrons. The van der Waals surface area contributed by atoms with E-state index in [9.17, 15) is 9.18 Å². The van der Waals surface area contributed by atoms with Crippen molar-refractivity contribution in [1.82, 2.24) is 15.2 Å². The van der Waals surface area contributed by atoms with Gasteiger partial charge in [-0.05, 0) is 49.2 Å². The molecular weight excluding hydrogens is 367 g/mol. The lowest BCUT2D eigenvalue weighted by Gasteiger charge is -2.07. The Kier molecular flexibility index (Phi) is 6.08. The van der Waals surface area contributed by atoms with Crippen molar-refractivity contribution < 1.29 is 13.9 Å². The summed E-state index contributed by atoms with van der Waals surface area (Å²) in [6.07, 6.45) is 0. The van der Waals surface area contributed by atoms with E-state index < -0.39 is 5.82 Å². The number of aromatic nitrogens is 3. The Balaban J connectivity index is 1.49. The fourth-order valence-electron chi connectivity index (χ4n) is 2.31. The number of benzene rings is 2. The highest BCUT2D eigenvalue weighted by molar-refractivity contribution is 7.99. The lowest BCUT2D eigenvalue weighted by Crippen LogP contribution is -2.15. The van der Waals surface area contributed by atoms with Crippen molar-refractivity contribution in [3.63, 3.8) is 0 Å². The van der Waals surface area contributed by atoms with Gasteiger partial charge in [0.15, 0.2) is 5.82 Å². The summed E-state index contributed by atoms with van der Waals surface area (Å²) in [5.41, 5.74) is 2.37. The molecule has 1 amide bonds. The van der Waals surface area contributed by atoms with Gasteiger partial charge in [-0.25, -0.2) is 9.37 Å².